The van der Waals surface area contributed by atoms with E-state index in [4.69, 9.17) is 4.74 Å². The lowest BCUT2D eigenvalue weighted by atomic mass is 10.0. The predicted octanol–water partition coefficient (Wildman–Crippen LogP) is 2.48. The van der Waals surface area contributed by atoms with Gasteiger partial charge in [0.15, 0.2) is 0 Å². The largest absolute Gasteiger partial charge is 0.492 e. The van der Waals surface area contributed by atoms with Crippen LogP contribution in [0.1, 0.15) is 24.9 Å². The second kappa shape index (κ2) is 10.6. The maximum atomic E-state index is 12.3. The average molecular weight is 396 g/mol. The molecule has 1 aliphatic heterocycles. The summed E-state index contributed by atoms with van der Waals surface area (Å²) in [5.41, 5.74) is 1.21. The van der Waals surface area contributed by atoms with Crippen LogP contribution in [0.5, 0.6) is 5.75 Å². The van der Waals surface area contributed by atoms with Crippen LogP contribution in [0.3, 0.4) is 0 Å². The van der Waals surface area contributed by atoms with Crippen molar-refractivity contribution < 1.29 is 14.3 Å². The highest BCUT2D eigenvalue weighted by atomic mass is 16.5. The molecule has 154 valence electrons. The summed E-state index contributed by atoms with van der Waals surface area (Å²) >= 11 is 0. The van der Waals surface area contributed by atoms with E-state index >= 15 is 0 Å². The molecule has 0 aromatic heterocycles. The number of piperazine rings is 1. The van der Waals surface area contributed by atoms with Crippen LogP contribution in [0.4, 0.5) is 0 Å². The standard InChI is InChI=1S/C23H29N3O3/c1-2-22(27)24-17-23(28)26-15-13-25(14-16-26)21(19-9-5-3-6-10-19)18-29-20-11-7-4-8-12-20/h3-12,21H,2,13-18H2,1H3,(H,24,27). The fourth-order valence-electron chi connectivity index (χ4n) is 3.47. The van der Waals surface area contributed by atoms with Crippen LogP contribution in [0.15, 0.2) is 60.7 Å². The summed E-state index contributed by atoms with van der Waals surface area (Å²) in [5.74, 6) is 0.733. The van der Waals surface area contributed by atoms with Gasteiger partial charge < -0.3 is 15.0 Å². The van der Waals surface area contributed by atoms with Crippen LogP contribution in [0, 0.1) is 0 Å². The highest BCUT2D eigenvalue weighted by molar-refractivity contribution is 5.84. The minimum absolute atomic E-state index is 0.0248. The average Bonchev–Trinajstić information content (AvgIpc) is 2.79. The summed E-state index contributed by atoms with van der Waals surface area (Å²) in [6.07, 6.45) is 0.390. The van der Waals surface area contributed by atoms with Gasteiger partial charge in [-0.1, -0.05) is 55.5 Å². The molecule has 0 aliphatic carbocycles. The van der Waals surface area contributed by atoms with Gasteiger partial charge in [-0.3, -0.25) is 14.5 Å². The Kier molecular flexibility index (Phi) is 7.64. The Morgan fingerprint density at radius 2 is 1.59 bits per heavy atom. The molecular formula is C23H29N3O3. The van der Waals surface area contributed by atoms with Crippen molar-refractivity contribution in [3.63, 3.8) is 0 Å². The molecule has 0 bridgehead atoms. The molecule has 6 heteroatoms. The monoisotopic (exact) mass is 395 g/mol. The lowest BCUT2D eigenvalue weighted by Gasteiger charge is -2.39. The fraction of sp³-hybridized carbons (Fsp3) is 0.391. The van der Waals surface area contributed by atoms with Crippen LogP contribution in [-0.2, 0) is 9.59 Å². The molecule has 2 aromatic rings. The van der Waals surface area contributed by atoms with Crippen molar-refractivity contribution >= 4 is 11.8 Å². The number of carbonyl (C=O) groups is 2. The van der Waals surface area contributed by atoms with Crippen molar-refractivity contribution in [1.29, 1.82) is 0 Å². The quantitative estimate of drug-likeness (QED) is 0.746. The molecule has 1 heterocycles. The third-order valence-electron chi connectivity index (χ3n) is 5.20. The van der Waals surface area contributed by atoms with Crippen molar-refractivity contribution in [3.05, 3.63) is 66.2 Å². The van der Waals surface area contributed by atoms with Gasteiger partial charge in [0.05, 0.1) is 12.6 Å². The highest BCUT2D eigenvalue weighted by Crippen LogP contribution is 2.24. The van der Waals surface area contributed by atoms with E-state index in [2.05, 4.69) is 22.3 Å². The van der Waals surface area contributed by atoms with E-state index < -0.39 is 0 Å². The molecule has 1 saturated heterocycles. The molecule has 0 radical (unpaired) electrons. The van der Waals surface area contributed by atoms with Gasteiger partial charge in [0, 0.05) is 32.6 Å². The van der Waals surface area contributed by atoms with Gasteiger partial charge in [0.2, 0.25) is 11.8 Å². The summed E-state index contributed by atoms with van der Waals surface area (Å²) in [6.45, 7) is 5.24. The molecule has 1 atom stereocenters. The second-order valence-corrected chi connectivity index (χ2v) is 7.10. The lowest BCUT2D eigenvalue weighted by Crippen LogP contribution is -2.52. The molecule has 2 amide bonds. The molecule has 29 heavy (non-hydrogen) atoms. The number of para-hydroxylation sites is 1. The first-order valence-electron chi connectivity index (χ1n) is 10.2. The molecule has 1 aliphatic rings. The number of benzene rings is 2. The SMILES string of the molecule is CCC(=O)NCC(=O)N1CCN(C(COc2ccccc2)c2ccccc2)CC1. The summed E-state index contributed by atoms with van der Waals surface area (Å²) in [5, 5.41) is 2.66. The topological polar surface area (TPSA) is 61.9 Å². The summed E-state index contributed by atoms with van der Waals surface area (Å²) in [6, 6.07) is 20.3. The van der Waals surface area contributed by atoms with Crippen molar-refractivity contribution in [2.24, 2.45) is 0 Å². The lowest BCUT2D eigenvalue weighted by molar-refractivity contribution is -0.134. The number of rotatable bonds is 8. The van der Waals surface area contributed by atoms with E-state index in [-0.39, 0.29) is 24.4 Å². The molecule has 0 saturated carbocycles. The first-order chi connectivity index (χ1) is 14.2. The van der Waals surface area contributed by atoms with Gasteiger partial charge in [-0.05, 0) is 17.7 Å². The maximum absolute atomic E-state index is 12.3. The third-order valence-corrected chi connectivity index (χ3v) is 5.20. The van der Waals surface area contributed by atoms with Crippen LogP contribution in [0.2, 0.25) is 0 Å². The van der Waals surface area contributed by atoms with Crippen molar-refractivity contribution in [3.8, 4) is 5.75 Å². The smallest absolute Gasteiger partial charge is 0.242 e. The Bertz CT molecular complexity index is 774. The Balaban J connectivity index is 1.59. The van der Waals surface area contributed by atoms with E-state index in [1.54, 1.807) is 6.92 Å². The Labute approximate surface area is 172 Å². The highest BCUT2D eigenvalue weighted by Gasteiger charge is 2.27. The zero-order valence-corrected chi connectivity index (χ0v) is 16.9. The van der Waals surface area contributed by atoms with E-state index in [1.807, 2.05) is 53.4 Å². The number of nitrogens with zero attached hydrogens (tertiary/aromatic N) is 2. The zero-order valence-electron chi connectivity index (χ0n) is 16.9. The fourth-order valence-corrected chi connectivity index (χ4v) is 3.47. The minimum atomic E-state index is -0.0980. The van der Waals surface area contributed by atoms with Crippen molar-refractivity contribution in [2.75, 3.05) is 39.3 Å². The predicted molar refractivity (Wildman–Crippen MR) is 113 cm³/mol. The van der Waals surface area contributed by atoms with Gasteiger partial charge in [0.25, 0.3) is 0 Å². The van der Waals surface area contributed by atoms with Crippen molar-refractivity contribution in [2.45, 2.75) is 19.4 Å². The van der Waals surface area contributed by atoms with Crippen LogP contribution >= 0.6 is 0 Å². The van der Waals surface area contributed by atoms with E-state index in [1.165, 1.54) is 5.56 Å². The van der Waals surface area contributed by atoms with Crippen LogP contribution < -0.4 is 10.1 Å². The van der Waals surface area contributed by atoms with Gasteiger partial charge in [-0.25, -0.2) is 0 Å². The molecular weight excluding hydrogens is 366 g/mol. The first kappa shape index (κ1) is 20.9. The van der Waals surface area contributed by atoms with E-state index in [9.17, 15) is 9.59 Å². The zero-order chi connectivity index (χ0) is 20.5. The second-order valence-electron chi connectivity index (χ2n) is 7.10. The van der Waals surface area contributed by atoms with Gasteiger partial charge in [-0.15, -0.1) is 0 Å². The number of ether oxygens (including phenoxy) is 1. The normalized spacial score (nSPS) is 15.6. The number of nitrogens with one attached hydrogen (secondary N) is 1. The summed E-state index contributed by atoms with van der Waals surface area (Å²) < 4.78 is 6.06. The Morgan fingerprint density at radius 1 is 0.966 bits per heavy atom. The van der Waals surface area contributed by atoms with E-state index in [0.717, 1.165) is 18.8 Å². The molecule has 2 aromatic carbocycles. The Hall–Kier alpha value is -2.86. The number of carbonyl (C=O) groups excluding carboxylic acids is 2. The molecule has 6 nitrogen and oxygen atoms in total. The molecule has 1 N–H and O–H groups in total. The molecule has 1 unspecified atom stereocenters. The number of amides is 2. The summed E-state index contributed by atoms with van der Waals surface area (Å²) in [4.78, 5) is 27.9. The molecule has 1 fully saturated rings. The Morgan fingerprint density at radius 3 is 2.21 bits per heavy atom. The van der Waals surface area contributed by atoms with Crippen LogP contribution in [-0.4, -0.2) is 60.9 Å². The van der Waals surface area contributed by atoms with Gasteiger partial charge in [-0.2, -0.15) is 0 Å². The van der Waals surface area contributed by atoms with Gasteiger partial charge >= 0.3 is 0 Å². The maximum Gasteiger partial charge on any atom is 0.242 e. The van der Waals surface area contributed by atoms with Gasteiger partial charge in [0.1, 0.15) is 12.4 Å². The van der Waals surface area contributed by atoms with E-state index in [0.29, 0.717) is 26.1 Å². The molecule has 3 rings (SSSR count). The molecule has 0 spiro atoms. The van der Waals surface area contributed by atoms with Crippen molar-refractivity contribution in [1.82, 2.24) is 15.1 Å². The first-order valence-corrected chi connectivity index (χ1v) is 10.2. The minimum Gasteiger partial charge on any atom is -0.492 e. The number of hydrogen-bond acceptors (Lipinski definition) is 4. The number of hydrogen-bond donors (Lipinski definition) is 1. The summed E-state index contributed by atoms with van der Waals surface area (Å²) in [7, 11) is 0. The third kappa shape index (κ3) is 6.06. The van der Waals surface area contributed by atoms with Crippen LogP contribution in [0.25, 0.3) is 0 Å².